The van der Waals surface area contributed by atoms with Gasteiger partial charge < -0.3 is 0 Å². The highest BCUT2D eigenvalue weighted by Gasteiger charge is 2.44. The molecule has 2 aliphatic carbocycles. The maximum Gasteiger partial charge on any atom is 0.0995 e. The van der Waals surface area contributed by atoms with Gasteiger partial charge in [-0.3, -0.25) is 0 Å². The van der Waals surface area contributed by atoms with Gasteiger partial charge in [-0.25, -0.2) is 4.39 Å². The molecule has 0 saturated heterocycles. The third kappa shape index (κ3) is 3.54. The Morgan fingerprint density at radius 3 is 2.32 bits per heavy atom. The van der Waals surface area contributed by atoms with Crippen LogP contribution in [0.2, 0.25) is 0 Å². The summed E-state index contributed by atoms with van der Waals surface area (Å²) in [5.74, 6) is 0.649. The van der Waals surface area contributed by atoms with Crippen LogP contribution in [0.1, 0.15) is 73.1 Å². The van der Waals surface area contributed by atoms with E-state index in [0.717, 1.165) is 24.8 Å². The van der Waals surface area contributed by atoms with Gasteiger partial charge in [-0.1, -0.05) is 57.2 Å². The lowest BCUT2D eigenvalue weighted by Gasteiger charge is -2.49. The van der Waals surface area contributed by atoms with Crippen LogP contribution in [0.15, 0.2) is 11.4 Å². The molecule has 110 valence electrons. The Kier molecular flexibility index (Phi) is 4.15. The summed E-state index contributed by atoms with van der Waals surface area (Å²) in [6.07, 6.45) is 6.23. The van der Waals surface area contributed by atoms with Crippen LogP contribution in [0.25, 0.3) is 0 Å². The SMILES string of the molecule is CC1(C)CCC(C)(C)C(C2=C(F)CC[C@](C)(I)C2)C1. The van der Waals surface area contributed by atoms with Gasteiger partial charge in [0.15, 0.2) is 0 Å². The maximum absolute atomic E-state index is 14.4. The van der Waals surface area contributed by atoms with E-state index in [0.29, 0.717) is 17.8 Å². The maximum atomic E-state index is 14.4. The standard InChI is InChI=1S/C17H28FI/c1-15(2)8-9-16(3,4)13(11-15)12-10-17(5,19)7-6-14(12)18/h13H,6-11H2,1-5H3/t13?,17-/m0/s1. The topological polar surface area (TPSA) is 0 Å². The summed E-state index contributed by atoms with van der Waals surface area (Å²) in [5, 5.41) is 0. The fourth-order valence-corrected chi connectivity index (χ4v) is 4.47. The van der Waals surface area contributed by atoms with E-state index in [4.69, 9.17) is 0 Å². The van der Waals surface area contributed by atoms with Crippen LogP contribution >= 0.6 is 22.6 Å². The van der Waals surface area contributed by atoms with Gasteiger partial charge in [-0.15, -0.1) is 0 Å². The van der Waals surface area contributed by atoms with E-state index in [2.05, 4.69) is 57.2 Å². The van der Waals surface area contributed by atoms with Crippen molar-refractivity contribution in [3.8, 4) is 0 Å². The molecule has 0 spiro atoms. The monoisotopic (exact) mass is 378 g/mol. The molecule has 0 aliphatic heterocycles. The van der Waals surface area contributed by atoms with E-state index < -0.39 is 0 Å². The van der Waals surface area contributed by atoms with Crippen LogP contribution in [0.3, 0.4) is 0 Å². The normalized spacial score (nSPS) is 38.4. The Hall–Kier alpha value is 0.400. The number of halogens is 2. The first-order valence-corrected chi connectivity index (χ1v) is 8.67. The number of hydrogen-bond acceptors (Lipinski definition) is 0. The lowest BCUT2D eigenvalue weighted by atomic mass is 9.57. The van der Waals surface area contributed by atoms with Gasteiger partial charge in [-0.2, -0.15) is 0 Å². The predicted molar refractivity (Wildman–Crippen MR) is 89.3 cm³/mol. The molecular formula is C17H28FI. The Morgan fingerprint density at radius 2 is 1.68 bits per heavy atom. The molecule has 1 fully saturated rings. The van der Waals surface area contributed by atoms with Gasteiger partial charge in [0.25, 0.3) is 0 Å². The van der Waals surface area contributed by atoms with Crippen LogP contribution in [0.4, 0.5) is 4.39 Å². The quantitative estimate of drug-likeness (QED) is 0.364. The fourth-order valence-electron chi connectivity index (χ4n) is 3.79. The highest BCUT2D eigenvalue weighted by molar-refractivity contribution is 14.1. The number of allylic oxidation sites excluding steroid dienone is 2. The van der Waals surface area contributed by atoms with Crippen LogP contribution in [0, 0.1) is 16.7 Å². The predicted octanol–water partition coefficient (Wildman–Crippen LogP) is 6.44. The summed E-state index contributed by atoms with van der Waals surface area (Å²) in [5.41, 5.74) is 1.78. The lowest BCUT2D eigenvalue weighted by molar-refractivity contribution is 0.0708. The van der Waals surface area contributed by atoms with E-state index in [1.165, 1.54) is 12.8 Å². The zero-order chi connectivity index (χ0) is 14.5. The minimum absolute atomic E-state index is 0.213. The molecule has 0 aromatic carbocycles. The third-order valence-corrected chi connectivity index (χ3v) is 6.26. The largest absolute Gasteiger partial charge is 0.212 e. The smallest absolute Gasteiger partial charge is 0.0995 e. The van der Waals surface area contributed by atoms with Gasteiger partial charge in [0.2, 0.25) is 0 Å². The number of rotatable bonds is 1. The minimum Gasteiger partial charge on any atom is -0.212 e. The highest BCUT2D eigenvalue weighted by atomic mass is 127. The summed E-state index contributed by atoms with van der Waals surface area (Å²) in [4.78, 5) is 0. The molecule has 19 heavy (non-hydrogen) atoms. The number of alkyl halides is 1. The molecule has 1 unspecified atom stereocenters. The van der Waals surface area contributed by atoms with E-state index in [-0.39, 0.29) is 14.7 Å². The Labute approximate surface area is 131 Å². The molecule has 0 nitrogen and oxygen atoms in total. The summed E-state index contributed by atoms with van der Waals surface area (Å²) >= 11 is 2.53. The van der Waals surface area contributed by atoms with Crippen molar-refractivity contribution in [2.45, 2.75) is 76.6 Å². The van der Waals surface area contributed by atoms with Gasteiger partial charge in [-0.05, 0) is 54.4 Å². The average molecular weight is 378 g/mol. The van der Waals surface area contributed by atoms with Crippen molar-refractivity contribution in [3.05, 3.63) is 11.4 Å². The van der Waals surface area contributed by atoms with Crippen molar-refractivity contribution in [1.29, 1.82) is 0 Å². The minimum atomic E-state index is 0.213. The first-order chi connectivity index (χ1) is 8.53. The molecule has 0 bridgehead atoms. The third-order valence-electron chi connectivity index (χ3n) is 5.34. The van der Waals surface area contributed by atoms with Crippen molar-refractivity contribution in [1.82, 2.24) is 0 Å². The van der Waals surface area contributed by atoms with Gasteiger partial charge in [0, 0.05) is 9.84 Å². The van der Waals surface area contributed by atoms with Crippen molar-refractivity contribution < 1.29 is 4.39 Å². The van der Waals surface area contributed by atoms with Crippen molar-refractivity contribution >= 4 is 22.6 Å². The first kappa shape index (κ1) is 15.8. The molecule has 0 N–H and O–H groups in total. The van der Waals surface area contributed by atoms with Gasteiger partial charge in [0.1, 0.15) is 0 Å². The molecule has 1 saturated carbocycles. The van der Waals surface area contributed by atoms with Crippen molar-refractivity contribution in [2.75, 3.05) is 0 Å². The molecule has 0 radical (unpaired) electrons. The molecule has 2 heteroatoms. The van der Waals surface area contributed by atoms with Crippen LogP contribution in [0.5, 0.6) is 0 Å². The van der Waals surface area contributed by atoms with Crippen molar-refractivity contribution in [2.24, 2.45) is 16.7 Å². The van der Waals surface area contributed by atoms with Crippen LogP contribution in [-0.2, 0) is 0 Å². The van der Waals surface area contributed by atoms with Gasteiger partial charge in [0.05, 0.1) is 5.83 Å². The Morgan fingerprint density at radius 1 is 1.05 bits per heavy atom. The first-order valence-electron chi connectivity index (χ1n) is 7.59. The second-order valence-electron chi connectivity index (χ2n) is 8.43. The molecule has 0 amide bonds. The number of hydrogen-bond donors (Lipinski definition) is 0. The molecule has 0 aromatic heterocycles. The molecule has 0 aromatic rings. The Bertz CT molecular complexity index is 390. The Balaban J connectivity index is 2.32. The molecular weight excluding hydrogens is 350 g/mol. The average Bonchev–Trinajstić information content (AvgIpc) is 2.26. The van der Waals surface area contributed by atoms with E-state index >= 15 is 0 Å². The summed E-state index contributed by atoms with van der Waals surface area (Å²) < 4.78 is 14.7. The molecule has 2 aliphatic rings. The molecule has 2 atom stereocenters. The zero-order valence-corrected chi connectivity index (χ0v) is 15.2. The van der Waals surface area contributed by atoms with E-state index in [1.807, 2.05) is 0 Å². The second-order valence-corrected chi connectivity index (χ2v) is 11.0. The van der Waals surface area contributed by atoms with Gasteiger partial charge >= 0.3 is 0 Å². The summed E-state index contributed by atoms with van der Waals surface area (Å²) in [6.45, 7) is 11.7. The molecule has 2 rings (SSSR count). The van der Waals surface area contributed by atoms with Crippen molar-refractivity contribution in [3.63, 3.8) is 0 Å². The zero-order valence-electron chi connectivity index (χ0n) is 13.1. The summed E-state index contributed by atoms with van der Waals surface area (Å²) in [6, 6.07) is 0. The highest BCUT2D eigenvalue weighted by Crippen LogP contribution is 2.55. The lowest BCUT2D eigenvalue weighted by Crippen LogP contribution is -2.39. The van der Waals surface area contributed by atoms with Crippen LogP contribution in [-0.4, -0.2) is 3.42 Å². The second kappa shape index (κ2) is 4.99. The molecule has 0 heterocycles. The van der Waals surface area contributed by atoms with Crippen LogP contribution < -0.4 is 0 Å². The van der Waals surface area contributed by atoms with E-state index in [1.54, 1.807) is 0 Å². The fraction of sp³-hybridized carbons (Fsp3) is 0.882. The van der Waals surface area contributed by atoms with E-state index in [9.17, 15) is 4.39 Å². The summed E-state index contributed by atoms with van der Waals surface area (Å²) in [7, 11) is 0.